The molecule has 0 spiro atoms. The molecule has 0 radical (unpaired) electrons. The number of amides is 3. The van der Waals surface area contributed by atoms with Crippen LogP contribution in [0.1, 0.15) is 12.8 Å². The van der Waals surface area contributed by atoms with E-state index >= 15 is 0 Å². The lowest BCUT2D eigenvalue weighted by Gasteiger charge is -2.36. The minimum atomic E-state index is -0.423. The van der Waals surface area contributed by atoms with Crippen molar-refractivity contribution in [1.82, 2.24) is 9.80 Å². The number of hydrogen-bond acceptors (Lipinski definition) is 3. The Kier molecular flexibility index (Phi) is 3.90. The van der Waals surface area contributed by atoms with Crippen molar-refractivity contribution >= 4 is 11.9 Å². The number of carbonyl (C=O) groups excluding carboxylic acids is 2. The largest absolute Gasteiger partial charge is 0.351 e. The van der Waals surface area contributed by atoms with Crippen LogP contribution in [0.3, 0.4) is 0 Å². The molecule has 86 valence electrons. The molecule has 0 bridgehead atoms. The number of piperidine rings is 1. The van der Waals surface area contributed by atoms with Crippen LogP contribution in [0.4, 0.5) is 4.79 Å². The average Bonchev–Trinajstić information content (AvgIpc) is 2.27. The summed E-state index contributed by atoms with van der Waals surface area (Å²) in [5.41, 5.74) is 10.5. The van der Waals surface area contributed by atoms with Crippen molar-refractivity contribution in [1.29, 1.82) is 0 Å². The third kappa shape index (κ3) is 2.82. The average molecular weight is 214 g/mol. The molecule has 1 heterocycles. The van der Waals surface area contributed by atoms with E-state index < -0.39 is 6.03 Å². The molecular weight excluding hydrogens is 196 g/mol. The molecule has 6 nitrogen and oxygen atoms in total. The Labute approximate surface area is 89.2 Å². The highest BCUT2D eigenvalue weighted by Gasteiger charge is 2.26. The molecule has 6 heteroatoms. The summed E-state index contributed by atoms with van der Waals surface area (Å²) in [4.78, 5) is 25.5. The van der Waals surface area contributed by atoms with Crippen molar-refractivity contribution in [3.05, 3.63) is 0 Å². The number of likely N-dealkylation sites (N-methyl/N-ethyl adjacent to an activating group) is 1. The topological polar surface area (TPSA) is 92.7 Å². The second kappa shape index (κ2) is 4.97. The summed E-state index contributed by atoms with van der Waals surface area (Å²) >= 11 is 0. The minimum Gasteiger partial charge on any atom is -0.351 e. The van der Waals surface area contributed by atoms with Gasteiger partial charge in [0.05, 0.1) is 6.54 Å². The third-order valence-electron chi connectivity index (χ3n) is 2.82. The normalized spacial score (nSPS) is 21.2. The van der Waals surface area contributed by atoms with Crippen molar-refractivity contribution < 1.29 is 9.59 Å². The monoisotopic (exact) mass is 214 g/mol. The van der Waals surface area contributed by atoms with Crippen LogP contribution in [0.15, 0.2) is 0 Å². The number of nitrogens with two attached hydrogens (primary N) is 2. The van der Waals surface area contributed by atoms with E-state index in [-0.39, 0.29) is 18.5 Å². The second-order valence-corrected chi connectivity index (χ2v) is 3.79. The van der Waals surface area contributed by atoms with E-state index in [0.29, 0.717) is 13.1 Å². The first-order valence-corrected chi connectivity index (χ1v) is 5.06. The van der Waals surface area contributed by atoms with E-state index in [9.17, 15) is 9.59 Å². The standard InChI is InChI=1S/C9H18N4O2/c1-12(8(14)5-10)7-3-2-4-13(6-7)9(11)15/h7H,2-6,10H2,1H3,(H2,11,15). The number of hydrogen-bond donors (Lipinski definition) is 2. The van der Waals surface area contributed by atoms with Crippen molar-refractivity contribution in [2.45, 2.75) is 18.9 Å². The van der Waals surface area contributed by atoms with Crippen LogP contribution >= 0.6 is 0 Å². The Morgan fingerprint density at radius 3 is 2.73 bits per heavy atom. The second-order valence-electron chi connectivity index (χ2n) is 3.79. The Balaban J connectivity index is 2.55. The Hall–Kier alpha value is -1.30. The summed E-state index contributed by atoms with van der Waals surface area (Å²) in [6.07, 6.45) is 1.77. The van der Waals surface area contributed by atoms with E-state index in [2.05, 4.69) is 0 Å². The number of carbonyl (C=O) groups is 2. The predicted molar refractivity (Wildman–Crippen MR) is 56.0 cm³/mol. The van der Waals surface area contributed by atoms with Crippen molar-refractivity contribution in [2.24, 2.45) is 11.5 Å². The van der Waals surface area contributed by atoms with Gasteiger partial charge in [-0.05, 0) is 12.8 Å². The molecule has 1 saturated heterocycles. The lowest BCUT2D eigenvalue weighted by Crippen LogP contribution is -2.52. The lowest BCUT2D eigenvalue weighted by molar-refractivity contribution is -0.131. The first kappa shape index (κ1) is 11.8. The molecule has 3 amide bonds. The van der Waals surface area contributed by atoms with Crippen LogP contribution < -0.4 is 11.5 Å². The number of urea groups is 1. The molecule has 1 atom stereocenters. The van der Waals surface area contributed by atoms with Gasteiger partial charge in [0, 0.05) is 26.2 Å². The molecule has 1 fully saturated rings. The van der Waals surface area contributed by atoms with Crippen LogP contribution in [-0.2, 0) is 4.79 Å². The first-order valence-electron chi connectivity index (χ1n) is 5.06. The summed E-state index contributed by atoms with van der Waals surface area (Å²) in [6, 6.07) is -0.379. The minimum absolute atomic E-state index is 0.00354. The van der Waals surface area contributed by atoms with Crippen molar-refractivity contribution in [3.63, 3.8) is 0 Å². The summed E-state index contributed by atoms with van der Waals surface area (Å²) in [5.74, 6) is -0.105. The van der Waals surface area contributed by atoms with Gasteiger partial charge in [0.1, 0.15) is 0 Å². The molecule has 1 aliphatic rings. The van der Waals surface area contributed by atoms with E-state index in [1.54, 1.807) is 16.8 Å². The molecule has 0 saturated carbocycles. The van der Waals surface area contributed by atoms with E-state index in [1.807, 2.05) is 0 Å². The van der Waals surface area contributed by atoms with Gasteiger partial charge >= 0.3 is 6.03 Å². The molecule has 0 aromatic heterocycles. The highest BCUT2D eigenvalue weighted by atomic mass is 16.2. The molecule has 1 unspecified atom stereocenters. The fourth-order valence-electron chi connectivity index (χ4n) is 1.82. The van der Waals surface area contributed by atoms with Gasteiger partial charge in [0.25, 0.3) is 0 Å². The number of rotatable bonds is 2. The summed E-state index contributed by atoms with van der Waals surface area (Å²) in [6.45, 7) is 1.19. The maximum absolute atomic E-state index is 11.4. The molecule has 0 aliphatic carbocycles. The van der Waals surface area contributed by atoms with Gasteiger partial charge in [-0.2, -0.15) is 0 Å². The third-order valence-corrected chi connectivity index (χ3v) is 2.82. The fraction of sp³-hybridized carbons (Fsp3) is 0.778. The maximum atomic E-state index is 11.4. The SMILES string of the molecule is CN(C(=O)CN)C1CCCN(C(N)=O)C1. The van der Waals surface area contributed by atoms with Crippen molar-refractivity contribution in [3.8, 4) is 0 Å². The van der Waals surface area contributed by atoms with Gasteiger partial charge < -0.3 is 21.3 Å². The molecule has 15 heavy (non-hydrogen) atoms. The molecule has 0 aromatic rings. The van der Waals surface area contributed by atoms with E-state index in [4.69, 9.17) is 11.5 Å². The summed E-state index contributed by atoms with van der Waals surface area (Å²) < 4.78 is 0. The number of primary amides is 1. The van der Waals surface area contributed by atoms with Gasteiger partial charge in [-0.1, -0.05) is 0 Å². The molecular formula is C9H18N4O2. The van der Waals surface area contributed by atoms with Crippen LogP contribution in [-0.4, -0.2) is 54.5 Å². The lowest BCUT2D eigenvalue weighted by atomic mass is 10.0. The smallest absolute Gasteiger partial charge is 0.314 e. The Morgan fingerprint density at radius 2 is 2.20 bits per heavy atom. The quantitative estimate of drug-likeness (QED) is 0.614. The highest BCUT2D eigenvalue weighted by molar-refractivity contribution is 5.78. The van der Waals surface area contributed by atoms with Gasteiger partial charge in [-0.15, -0.1) is 0 Å². The van der Waals surface area contributed by atoms with Crippen LogP contribution in [0.2, 0.25) is 0 Å². The zero-order valence-corrected chi connectivity index (χ0v) is 8.98. The number of nitrogens with zero attached hydrogens (tertiary/aromatic N) is 2. The fourth-order valence-corrected chi connectivity index (χ4v) is 1.82. The molecule has 1 aliphatic heterocycles. The predicted octanol–water partition coefficient (Wildman–Crippen LogP) is -1.05. The van der Waals surface area contributed by atoms with Crippen LogP contribution in [0.25, 0.3) is 0 Å². The zero-order chi connectivity index (χ0) is 11.4. The van der Waals surface area contributed by atoms with Crippen molar-refractivity contribution in [2.75, 3.05) is 26.7 Å². The summed E-state index contributed by atoms with van der Waals surface area (Å²) in [5, 5.41) is 0. The molecule has 0 aromatic carbocycles. The van der Waals surface area contributed by atoms with Gasteiger partial charge in [-0.3, -0.25) is 4.79 Å². The van der Waals surface area contributed by atoms with Crippen LogP contribution in [0.5, 0.6) is 0 Å². The maximum Gasteiger partial charge on any atom is 0.314 e. The Bertz CT molecular complexity index is 256. The number of likely N-dealkylation sites (tertiary alicyclic amines) is 1. The molecule has 1 rings (SSSR count). The van der Waals surface area contributed by atoms with Gasteiger partial charge in [-0.25, -0.2) is 4.79 Å². The first-order chi connectivity index (χ1) is 7.06. The van der Waals surface area contributed by atoms with Gasteiger partial charge in [0.15, 0.2) is 0 Å². The Morgan fingerprint density at radius 1 is 1.53 bits per heavy atom. The highest BCUT2D eigenvalue weighted by Crippen LogP contribution is 2.14. The summed E-state index contributed by atoms with van der Waals surface area (Å²) in [7, 11) is 1.71. The molecule has 4 N–H and O–H groups in total. The van der Waals surface area contributed by atoms with E-state index in [1.165, 1.54) is 0 Å². The van der Waals surface area contributed by atoms with Crippen LogP contribution in [0, 0.1) is 0 Å². The van der Waals surface area contributed by atoms with Gasteiger partial charge in [0.2, 0.25) is 5.91 Å². The van der Waals surface area contributed by atoms with E-state index in [0.717, 1.165) is 12.8 Å². The zero-order valence-electron chi connectivity index (χ0n) is 8.98.